The van der Waals surface area contributed by atoms with Gasteiger partial charge in [-0.25, -0.2) is 0 Å². The molecule has 0 fully saturated rings. The van der Waals surface area contributed by atoms with Gasteiger partial charge in [0.25, 0.3) is 0 Å². The normalized spacial score (nSPS) is 7.44. The van der Waals surface area contributed by atoms with Crippen molar-refractivity contribution in [2.75, 3.05) is 14.2 Å². The highest BCUT2D eigenvalue weighted by atomic mass is 16.4. The van der Waals surface area contributed by atoms with Gasteiger partial charge in [-0.15, -0.1) is 0 Å². The van der Waals surface area contributed by atoms with Crippen molar-refractivity contribution in [2.45, 2.75) is 19.8 Å². The van der Waals surface area contributed by atoms with E-state index in [0.717, 1.165) is 6.42 Å². The van der Waals surface area contributed by atoms with Gasteiger partial charge in [0.05, 0.1) is 0 Å². The Labute approximate surface area is 55.6 Å². The van der Waals surface area contributed by atoms with Gasteiger partial charge in [0, 0.05) is 20.6 Å². The first-order chi connectivity index (χ1) is 4.18. The Kier molecular flexibility index (Phi) is 13.0. The predicted octanol–water partition coefficient (Wildman–Crippen LogP) is 1.13. The Morgan fingerprint density at radius 1 is 1.56 bits per heavy atom. The first kappa shape index (κ1) is 11.3. The third-order valence-electron chi connectivity index (χ3n) is 0.464. The summed E-state index contributed by atoms with van der Waals surface area (Å²) in [5, 5.41) is 7.91. The van der Waals surface area contributed by atoms with E-state index in [1.165, 1.54) is 0 Å². The van der Waals surface area contributed by atoms with Crippen molar-refractivity contribution < 1.29 is 14.6 Å². The third kappa shape index (κ3) is 37.1. The molecule has 0 aromatic heterocycles. The van der Waals surface area contributed by atoms with E-state index in [2.05, 4.69) is 4.74 Å². The number of methoxy groups -OCH3 is 1. The maximum atomic E-state index is 9.60. The average molecular weight is 134 g/mol. The molecule has 0 aromatic carbocycles. The molecule has 0 saturated heterocycles. The summed E-state index contributed by atoms with van der Waals surface area (Å²) in [7, 11) is 3.25. The minimum Gasteiger partial charge on any atom is -0.481 e. The molecule has 0 aliphatic heterocycles. The van der Waals surface area contributed by atoms with Crippen LogP contribution in [-0.2, 0) is 9.53 Å². The minimum atomic E-state index is -0.711. The first-order valence-corrected chi connectivity index (χ1v) is 2.80. The van der Waals surface area contributed by atoms with Crippen molar-refractivity contribution in [3.05, 3.63) is 0 Å². The molecule has 56 valence electrons. The summed E-state index contributed by atoms with van der Waals surface area (Å²) in [5.41, 5.74) is 0. The second-order valence-electron chi connectivity index (χ2n) is 1.55. The minimum absolute atomic E-state index is 0.292. The summed E-state index contributed by atoms with van der Waals surface area (Å²) >= 11 is 0. The molecule has 0 amide bonds. The van der Waals surface area contributed by atoms with Gasteiger partial charge in [-0.3, -0.25) is 4.79 Å². The van der Waals surface area contributed by atoms with E-state index in [-0.39, 0.29) is 0 Å². The molecule has 0 aliphatic carbocycles. The molecular weight excluding hydrogens is 120 g/mol. The lowest BCUT2D eigenvalue weighted by atomic mass is 10.4. The smallest absolute Gasteiger partial charge is 0.303 e. The highest BCUT2D eigenvalue weighted by molar-refractivity contribution is 5.66. The summed E-state index contributed by atoms with van der Waals surface area (Å²) in [6.45, 7) is 1.84. The van der Waals surface area contributed by atoms with E-state index in [9.17, 15) is 4.79 Å². The second-order valence-corrected chi connectivity index (χ2v) is 1.55. The van der Waals surface area contributed by atoms with Crippen LogP contribution in [0.4, 0.5) is 0 Å². The molecule has 0 heterocycles. The van der Waals surface area contributed by atoms with Crippen molar-refractivity contribution >= 4 is 5.97 Å². The number of carbonyl (C=O) groups is 1. The maximum absolute atomic E-state index is 9.60. The highest BCUT2D eigenvalue weighted by Gasteiger charge is 1.87. The molecule has 0 saturated carbocycles. The summed E-state index contributed by atoms with van der Waals surface area (Å²) in [5.74, 6) is -0.711. The molecule has 0 rings (SSSR count). The molecular formula is C6H14O3. The van der Waals surface area contributed by atoms with Crippen molar-refractivity contribution in [1.82, 2.24) is 0 Å². The van der Waals surface area contributed by atoms with Gasteiger partial charge >= 0.3 is 5.97 Å². The van der Waals surface area contributed by atoms with E-state index < -0.39 is 5.97 Å². The van der Waals surface area contributed by atoms with E-state index in [1.54, 1.807) is 14.2 Å². The Morgan fingerprint density at radius 2 is 1.89 bits per heavy atom. The highest BCUT2D eigenvalue weighted by Crippen LogP contribution is 1.82. The summed E-state index contributed by atoms with van der Waals surface area (Å²) < 4.78 is 4.25. The molecule has 9 heavy (non-hydrogen) atoms. The van der Waals surface area contributed by atoms with Crippen LogP contribution in [-0.4, -0.2) is 25.3 Å². The molecule has 0 atom stereocenters. The van der Waals surface area contributed by atoms with Gasteiger partial charge in [-0.05, 0) is 6.42 Å². The lowest BCUT2D eigenvalue weighted by Crippen LogP contribution is -1.90. The van der Waals surface area contributed by atoms with E-state index >= 15 is 0 Å². The maximum Gasteiger partial charge on any atom is 0.303 e. The van der Waals surface area contributed by atoms with E-state index in [0.29, 0.717) is 6.42 Å². The number of carboxylic acids is 1. The van der Waals surface area contributed by atoms with Crippen molar-refractivity contribution in [3.63, 3.8) is 0 Å². The van der Waals surface area contributed by atoms with Crippen LogP contribution >= 0.6 is 0 Å². The summed E-state index contributed by atoms with van der Waals surface area (Å²) in [6, 6.07) is 0. The number of hydrogen-bond acceptors (Lipinski definition) is 2. The Balaban J connectivity index is 0. The van der Waals surface area contributed by atoms with Crippen LogP contribution in [0.25, 0.3) is 0 Å². The van der Waals surface area contributed by atoms with Crippen molar-refractivity contribution in [1.29, 1.82) is 0 Å². The molecule has 0 aliphatic rings. The number of aliphatic carboxylic acids is 1. The predicted molar refractivity (Wildman–Crippen MR) is 35.5 cm³/mol. The molecule has 3 nitrogen and oxygen atoms in total. The molecule has 0 radical (unpaired) electrons. The average Bonchev–Trinajstić information content (AvgIpc) is 1.67. The Hall–Kier alpha value is -0.570. The van der Waals surface area contributed by atoms with Crippen molar-refractivity contribution in [2.24, 2.45) is 0 Å². The lowest BCUT2D eigenvalue weighted by Gasteiger charge is -1.79. The number of hydrogen-bond donors (Lipinski definition) is 1. The largest absolute Gasteiger partial charge is 0.481 e. The SMILES string of the molecule is CCCC(=O)O.COC. The number of rotatable bonds is 2. The van der Waals surface area contributed by atoms with E-state index in [1.807, 2.05) is 6.92 Å². The zero-order valence-corrected chi connectivity index (χ0v) is 6.18. The fourth-order valence-corrected chi connectivity index (χ4v) is 0.214. The van der Waals surface area contributed by atoms with Crippen LogP contribution in [0.3, 0.4) is 0 Å². The topological polar surface area (TPSA) is 46.5 Å². The zero-order chi connectivity index (χ0) is 7.70. The second kappa shape index (κ2) is 10.4. The zero-order valence-electron chi connectivity index (χ0n) is 6.18. The third-order valence-corrected chi connectivity index (χ3v) is 0.464. The van der Waals surface area contributed by atoms with Crippen LogP contribution in [0.15, 0.2) is 0 Å². The quantitative estimate of drug-likeness (QED) is 0.615. The van der Waals surface area contributed by atoms with Crippen LogP contribution in [0.1, 0.15) is 19.8 Å². The van der Waals surface area contributed by atoms with Gasteiger partial charge in [-0.2, -0.15) is 0 Å². The fraction of sp³-hybridized carbons (Fsp3) is 0.833. The number of carboxylic acid groups (broad SMARTS) is 1. The monoisotopic (exact) mass is 134 g/mol. The standard InChI is InChI=1S/C4H8O2.C2H6O/c1-2-3-4(5)6;1-3-2/h2-3H2,1H3,(H,5,6);1-2H3. The van der Waals surface area contributed by atoms with Crippen LogP contribution in [0, 0.1) is 0 Å². The van der Waals surface area contributed by atoms with Crippen LogP contribution < -0.4 is 0 Å². The first-order valence-electron chi connectivity index (χ1n) is 2.80. The van der Waals surface area contributed by atoms with Gasteiger partial charge in [-0.1, -0.05) is 6.92 Å². The number of ether oxygens (including phenoxy) is 1. The molecule has 3 heteroatoms. The Bertz CT molecular complexity index is 61.3. The van der Waals surface area contributed by atoms with Gasteiger partial charge < -0.3 is 9.84 Å². The fourth-order valence-electron chi connectivity index (χ4n) is 0.214. The molecule has 0 unspecified atom stereocenters. The van der Waals surface area contributed by atoms with Crippen LogP contribution in [0.2, 0.25) is 0 Å². The van der Waals surface area contributed by atoms with Gasteiger partial charge in [0.15, 0.2) is 0 Å². The lowest BCUT2D eigenvalue weighted by molar-refractivity contribution is -0.137. The van der Waals surface area contributed by atoms with Gasteiger partial charge in [0.1, 0.15) is 0 Å². The van der Waals surface area contributed by atoms with E-state index in [4.69, 9.17) is 5.11 Å². The Morgan fingerprint density at radius 3 is 1.89 bits per heavy atom. The summed E-state index contributed by atoms with van der Waals surface area (Å²) in [4.78, 5) is 9.60. The molecule has 0 aromatic rings. The molecule has 0 bridgehead atoms. The summed E-state index contributed by atoms with van der Waals surface area (Å²) in [6.07, 6.45) is 1.02. The van der Waals surface area contributed by atoms with Crippen LogP contribution in [0.5, 0.6) is 0 Å². The van der Waals surface area contributed by atoms with Crippen molar-refractivity contribution in [3.8, 4) is 0 Å². The van der Waals surface area contributed by atoms with Gasteiger partial charge in [0.2, 0.25) is 0 Å². The molecule has 0 spiro atoms. The molecule has 1 N–H and O–H groups in total.